The molecule has 6 rings (SSSR count). The van der Waals surface area contributed by atoms with Crippen molar-refractivity contribution in [1.82, 2.24) is 24.6 Å². The summed E-state index contributed by atoms with van der Waals surface area (Å²) in [6.45, 7) is 4.43. The first-order valence-corrected chi connectivity index (χ1v) is 13.2. The number of piperazine rings is 1. The molecule has 0 atom stereocenters. The number of nitrogens with zero attached hydrogens (tertiary/aromatic N) is 6. The smallest absolute Gasteiger partial charge is 0.289 e. The number of aromatic nitrogens is 4. The van der Waals surface area contributed by atoms with E-state index in [2.05, 4.69) is 4.90 Å². The van der Waals surface area contributed by atoms with Gasteiger partial charge < -0.3 is 14.2 Å². The van der Waals surface area contributed by atoms with Crippen LogP contribution in [0.3, 0.4) is 0 Å². The Morgan fingerprint density at radius 1 is 1.03 bits per heavy atom. The third-order valence-electron chi connectivity index (χ3n) is 7.60. The van der Waals surface area contributed by atoms with Gasteiger partial charge in [0.05, 0.1) is 23.0 Å². The van der Waals surface area contributed by atoms with E-state index < -0.39 is 0 Å². The molecule has 1 aliphatic carbocycles. The van der Waals surface area contributed by atoms with Gasteiger partial charge in [-0.05, 0) is 49.2 Å². The topological polar surface area (TPSA) is 80.3 Å². The van der Waals surface area contributed by atoms with Crippen molar-refractivity contribution in [3.8, 4) is 5.69 Å². The van der Waals surface area contributed by atoms with Crippen LogP contribution in [-0.4, -0.2) is 56.7 Å². The van der Waals surface area contributed by atoms with E-state index >= 15 is 0 Å². The maximum atomic E-state index is 13.6. The van der Waals surface area contributed by atoms with Crippen LogP contribution in [0.25, 0.3) is 16.7 Å². The van der Waals surface area contributed by atoms with Gasteiger partial charge in [-0.25, -0.2) is 19.0 Å². The molecule has 1 aromatic carbocycles. The minimum atomic E-state index is -0.285. The van der Waals surface area contributed by atoms with Gasteiger partial charge in [-0.1, -0.05) is 32.1 Å². The monoisotopic (exact) mass is 502 g/mol. The Kier molecular flexibility index (Phi) is 6.36. The molecule has 9 heteroatoms. The molecule has 4 heterocycles. The third kappa shape index (κ3) is 4.70. The maximum Gasteiger partial charge on any atom is 0.289 e. The fraction of sp³-hybridized carbons (Fsp3) is 0.429. The van der Waals surface area contributed by atoms with Gasteiger partial charge in [0.25, 0.3) is 5.91 Å². The van der Waals surface area contributed by atoms with Gasteiger partial charge in [0.1, 0.15) is 17.5 Å². The number of hydrogen-bond acceptors (Lipinski definition) is 6. The predicted octanol–water partition coefficient (Wildman–Crippen LogP) is 4.94. The Bertz CT molecular complexity index is 1380. The van der Waals surface area contributed by atoms with E-state index in [-0.39, 0.29) is 11.7 Å². The maximum absolute atomic E-state index is 13.6. The van der Waals surface area contributed by atoms with Crippen LogP contribution < -0.4 is 4.90 Å². The number of carbonyl (C=O) groups excluding carboxylic acids is 1. The van der Waals surface area contributed by atoms with E-state index in [9.17, 15) is 9.18 Å². The van der Waals surface area contributed by atoms with E-state index in [1.807, 2.05) is 11.8 Å². The van der Waals surface area contributed by atoms with Crippen LogP contribution in [0.2, 0.25) is 0 Å². The molecule has 37 heavy (non-hydrogen) atoms. The Labute approximate surface area is 215 Å². The molecule has 1 aliphatic heterocycles. The van der Waals surface area contributed by atoms with Crippen molar-refractivity contribution < 1.29 is 13.6 Å². The molecule has 1 amide bonds. The molecule has 2 aliphatic rings. The molecule has 0 N–H and O–H groups in total. The zero-order valence-electron chi connectivity index (χ0n) is 21.1. The highest BCUT2D eigenvalue weighted by molar-refractivity contribution is 5.92. The average Bonchev–Trinajstić information content (AvgIpc) is 3.58. The molecule has 8 nitrogen and oxygen atoms in total. The van der Waals surface area contributed by atoms with Crippen molar-refractivity contribution in [3.05, 3.63) is 65.8 Å². The first-order valence-electron chi connectivity index (χ1n) is 13.2. The molecule has 2 fully saturated rings. The molecule has 0 spiro atoms. The van der Waals surface area contributed by atoms with E-state index in [4.69, 9.17) is 19.5 Å². The summed E-state index contributed by atoms with van der Waals surface area (Å²) in [5.41, 5.74) is 2.34. The van der Waals surface area contributed by atoms with Gasteiger partial charge in [-0.2, -0.15) is 5.10 Å². The molecular weight excluding hydrogens is 471 g/mol. The fourth-order valence-corrected chi connectivity index (χ4v) is 5.61. The van der Waals surface area contributed by atoms with Gasteiger partial charge in [0, 0.05) is 32.6 Å². The number of fused-ring (bicyclic) bond motifs is 1. The van der Waals surface area contributed by atoms with Crippen LogP contribution in [-0.2, 0) is 6.42 Å². The molecule has 192 valence electrons. The number of halogens is 1. The van der Waals surface area contributed by atoms with Crippen molar-refractivity contribution in [2.75, 3.05) is 31.1 Å². The molecule has 1 saturated heterocycles. The van der Waals surface area contributed by atoms with Crippen molar-refractivity contribution in [3.63, 3.8) is 0 Å². The Morgan fingerprint density at radius 3 is 2.49 bits per heavy atom. The van der Waals surface area contributed by atoms with Crippen molar-refractivity contribution >= 4 is 22.8 Å². The number of aryl methyl sites for hydroxylation is 1. The van der Waals surface area contributed by atoms with Gasteiger partial charge in [-0.15, -0.1) is 0 Å². The van der Waals surface area contributed by atoms with Gasteiger partial charge in [-0.3, -0.25) is 4.79 Å². The molecule has 0 unspecified atom stereocenters. The summed E-state index contributed by atoms with van der Waals surface area (Å²) in [6.07, 6.45) is 8.61. The van der Waals surface area contributed by atoms with Gasteiger partial charge in [0.15, 0.2) is 11.4 Å². The second-order valence-electron chi connectivity index (χ2n) is 10.1. The number of amides is 1. The standard InChI is InChI=1S/C28H31FN6O2/c1-19-25-26(33-13-15-34(16-14-33)28(36)23-8-5-17-37-23)30-24(18-20-6-3-2-4-7-20)31-27(25)35(32-19)22-11-9-21(29)10-12-22/h5,8-12,17,20H,2-4,6-7,13-16,18H2,1H3. The number of rotatable bonds is 5. The van der Waals surface area contributed by atoms with Crippen LogP contribution in [0.4, 0.5) is 10.2 Å². The summed E-state index contributed by atoms with van der Waals surface area (Å²) >= 11 is 0. The van der Waals surface area contributed by atoms with Crippen LogP contribution in [0.15, 0.2) is 47.1 Å². The lowest BCUT2D eigenvalue weighted by molar-refractivity contribution is 0.0714. The fourth-order valence-electron chi connectivity index (χ4n) is 5.61. The van der Waals surface area contributed by atoms with Crippen molar-refractivity contribution in [2.24, 2.45) is 5.92 Å². The van der Waals surface area contributed by atoms with Gasteiger partial charge >= 0.3 is 0 Å². The third-order valence-corrected chi connectivity index (χ3v) is 7.60. The highest BCUT2D eigenvalue weighted by Crippen LogP contribution is 2.32. The lowest BCUT2D eigenvalue weighted by atomic mass is 9.87. The second kappa shape index (κ2) is 9.95. The van der Waals surface area contributed by atoms with Crippen LogP contribution in [0, 0.1) is 18.7 Å². The lowest BCUT2D eigenvalue weighted by Gasteiger charge is -2.35. The van der Waals surface area contributed by atoms with Crippen LogP contribution in [0.5, 0.6) is 0 Å². The molecule has 1 saturated carbocycles. The Balaban J connectivity index is 1.35. The van der Waals surface area contributed by atoms with Crippen molar-refractivity contribution in [2.45, 2.75) is 45.4 Å². The van der Waals surface area contributed by atoms with Crippen LogP contribution >= 0.6 is 0 Å². The Hall–Kier alpha value is -3.75. The SMILES string of the molecule is Cc1nn(-c2ccc(F)cc2)c2nc(CC3CCCCC3)nc(N3CCN(C(=O)c4ccco4)CC3)c12. The van der Waals surface area contributed by atoms with Crippen molar-refractivity contribution in [1.29, 1.82) is 0 Å². The Morgan fingerprint density at radius 2 is 1.78 bits per heavy atom. The summed E-state index contributed by atoms with van der Waals surface area (Å²) < 4.78 is 20.8. The zero-order chi connectivity index (χ0) is 25.4. The molecular formula is C28H31FN6O2. The summed E-state index contributed by atoms with van der Waals surface area (Å²) in [7, 11) is 0. The highest BCUT2D eigenvalue weighted by Gasteiger charge is 2.28. The van der Waals surface area contributed by atoms with E-state index in [1.165, 1.54) is 50.5 Å². The summed E-state index contributed by atoms with van der Waals surface area (Å²) in [5.74, 6) is 2.27. The highest BCUT2D eigenvalue weighted by atomic mass is 19.1. The minimum Gasteiger partial charge on any atom is -0.459 e. The number of carbonyl (C=O) groups is 1. The zero-order valence-corrected chi connectivity index (χ0v) is 21.1. The lowest BCUT2D eigenvalue weighted by Crippen LogP contribution is -2.49. The first-order chi connectivity index (χ1) is 18.1. The molecule has 0 radical (unpaired) electrons. The van der Waals surface area contributed by atoms with Crippen LogP contribution in [0.1, 0.15) is 54.2 Å². The summed E-state index contributed by atoms with van der Waals surface area (Å²) in [4.78, 5) is 27.0. The summed E-state index contributed by atoms with van der Waals surface area (Å²) in [5, 5.41) is 5.70. The van der Waals surface area contributed by atoms with E-state index in [0.29, 0.717) is 37.9 Å². The minimum absolute atomic E-state index is 0.0872. The number of furan rings is 1. The molecule has 4 aromatic rings. The second-order valence-corrected chi connectivity index (χ2v) is 10.1. The number of anilines is 1. The largest absolute Gasteiger partial charge is 0.459 e. The summed E-state index contributed by atoms with van der Waals surface area (Å²) in [6, 6.07) is 9.77. The quantitative estimate of drug-likeness (QED) is 0.385. The normalized spacial score (nSPS) is 17.0. The molecule has 3 aromatic heterocycles. The van der Waals surface area contributed by atoms with E-state index in [0.717, 1.165) is 40.5 Å². The van der Waals surface area contributed by atoms with Gasteiger partial charge in [0.2, 0.25) is 0 Å². The predicted molar refractivity (Wildman–Crippen MR) is 138 cm³/mol. The molecule has 0 bridgehead atoms. The number of hydrogen-bond donors (Lipinski definition) is 0. The number of benzene rings is 1. The first kappa shape index (κ1) is 23.6. The van der Waals surface area contributed by atoms with E-state index in [1.54, 1.807) is 28.9 Å². The average molecular weight is 503 g/mol.